The molecule has 0 aliphatic carbocycles. The summed E-state index contributed by atoms with van der Waals surface area (Å²) in [6, 6.07) is 0. The monoisotopic (exact) mass is 243 g/mol. The van der Waals surface area contributed by atoms with E-state index in [9.17, 15) is 9.59 Å². The smallest absolute Gasteiger partial charge is 0.310 e. The van der Waals surface area contributed by atoms with E-state index in [4.69, 9.17) is 4.74 Å². The Morgan fingerprint density at radius 2 is 2.18 bits per heavy atom. The average molecular weight is 243 g/mol. The Morgan fingerprint density at radius 1 is 1.41 bits per heavy atom. The highest BCUT2D eigenvalue weighted by Crippen LogP contribution is 2.18. The van der Waals surface area contributed by atoms with Crippen LogP contribution in [-0.4, -0.2) is 50.2 Å². The van der Waals surface area contributed by atoms with Crippen LogP contribution in [0.3, 0.4) is 0 Å². The van der Waals surface area contributed by atoms with Gasteiger partial charge in [0.25, 0.3) is 0 Å². The fourth-order valence-electron chi connectivity index (χ4n) is 1.97. The van der Waals surface area contributed by atoms with Crippen molar-refractivity contribution < 1.29 is 19.1 Å². The summed E-state index contributed by atoms with van der Waals surface area (Å²) in [6.45, 7) is 4.40. The zero-order chi connectivity index (χ0) is 12.7. The van der Waals surface area contributed by atoms with Gasteiger partial charge in [0.05, 0.1) is 13.0 Å². The number of likely N-dealkylation sites (tertiary alicyclic amines) is 1. The van der Waals surface area contributed by atoms with Crippen molar-refractivity contribution in [2.24, 2.45) is 5.92 Å². The van der Waals surface area contributed by atoms with E-state index in [0.717, 1.165) is 6.42 Å². The van der Waals surface area contributed by atoms with E-state index >= 15 is 0 Å². The molecule has 1 aliphatic rings. The van der Waals surface area contributed by atoms with Gasteiger partial charge in [-0.2, -0.15) is 0 Å². The first-order valence-electron chi connectivity index (χ1n) is 6.12. The molecule has 0 bridgehead atoms. The molecule has 0 spiro atoms. The van der Waals surface area contributed by atoms with Crippen molar-refractivity contribution in [3.63, 3.8) is 0 Å². The maximum absolute atomic E-state index is 11.8. The van der Waals surface area contributed by atoms with E-state index in [0.29, 0.717) is 39.1 Å². The number of methoxy groups -OCH3 is 1. The second kappa shape index (κ2) is 7.27. The van der Waals surface area contributed by atoms with Crippen LogP contribution in [0.4, 0.5) is 0 Å². The lowest BCUT2D eigenvalue weighted by Crippen LogP contribution is -2.30. The van der Waals surface area contributed by atoms with Crippen LogP contribution in [-0.2, 0) is 19.1 Å². The number of nitrogens with zero attached hydrogens (tertiary/aromatic N) is 1. The number of ether oxygens (including phenoxy) is 2. The number of amides is 1. The molecule has 1 aliphatic heterocycles. The summed E-state index contributed by atoms with van der Waals surface area (Å²) in [5, 5.41) is 0. The van der Waals surface area contributed by atoms with Gasteiger partial charge in [-0.05, 0) is 19.8 Å². The summed E-state index contributed by atoms with van der Waals surface area (Å²) >= 11 is 0. The minimum atomic E-state index is -0.213. The van der Waals surface area contributed by atoms with E-state index in [1.54, 1.807) is 4.90 Å². The van der Waals surface area contributed by atoms with Gasteiger partial charge in [-0.3, -0.25) is 9.59 Å². The summed E-state index contributed by atoms with van der Waals surface area (Å²) in [5.74, 6) is -0.249. The van der Waals surface area contributed by atoms with Gasteiger partial charge < -0.3 is 14.4 Å². The summed E-state index contributed by atoms with van der Waals surface area (Å²) < 4.78 is 9.86. The Kier molecular flexibility index (Phi) is 5.97. The molecule has 0 aromatic heterocycles. The minimum absolute atomic E-state index is 0.108. The molecule has 1 fully saturated rings. The Hall–Kier alpha value is -1.10. The molecule has 1 unspecified atom stereocenters. The summed E-state index contributed by atoms with van der Waals surface area (Å²) in [5.41, 5.74) is 0. The van der Waals surface area contributed by atoms with Crippen LogP contribution in [0.15, 0.2) is 0 Å². The van der Waals surface area contributed by atoms with Crippen molar-refractivity contribution in [2.75, 3.05) is 33.4 Å². The van der Waals surface area contributed by atoms with Crippen molar-refractivity contribution in [3.05, 3.63) is 0 Å². The van der Waals surface area contributed by atoms with E-state index in [2.05, 4.69) is 4.74 Å². The third kappa shape index (κ3) is 4.34. The Labute approximate surface area is 102 Å². The number of carbonyl (C=O) groups excluding carboxylic acids is 2. The molecule has 0 N–H and O–H groups in total. The Morgan fingerprint density at radius 3 is 2.82 bits per heavy atom. The maximum Gasteiger partial charge on any atom is 0.310 e. The fourth-order valence-corrected chi connectivity index (χ4v) is 1.97. The first-order valence-corrected chi connectivity index (χ1v) is 6.12. The van der Waals surface area contributed by atoms with Crippen molar-refractivity contribution in [2.45, 2.75) is 26.2 Å². The van der Waals surface area contributed by atoms with Gasteiger partial charge in [0.2, 0.25) is 5.91 Å². The van der Waals surface area contributed by atoms with E-state index < -0.39 is 0 Å². The minimum Gasteiger partial charge on any atom is -0.469 e. The molecule has 0 radical (unpaired) electrons. The maximum atomic E-state index is 11.8. The number of carbonyl (C=O) groups is 2. The highest BCUT2D eigenvalue weighted by Gasteiger charge is 2.31. The lowest BCUT2D eigenvalue weighted by molar-refractivity contribution is -0.145. The number of rotatable bonds is 6. The molecule has 0 aromatic carbocycles. The van der Waals surface area contributed by atoms with Gasteiger partial charge >= 0.3 is 5.97 Å². The van der Waals surface area contributed by atoms with Crippen LogP contribution < -0.4 is 0 Å². The number of esters is 1. The van der Waals surface area contributed by atoms with E-state index in [-0.39, 0.29) is 17.8 Å². The third-order valence-corrected chi connectivity index (χ3v) is 2.96. The standard InChI is InChI=1S/C12H21NO4/c1-3-17-8-4-5-11(14)13-7-6-10(9-13)12(15)16-2/h10H,3-9H2,1-2H3. The topological polar surface area (TPSA) is 55.8 Å². The average Bonchev–Trinajstić information content (AvgIpc) is 2.83. The lowest BCUT2D eigenvalue weighted by Gasteiger charge is -2.15. The first kappa shape index (κ1) is 14.0. The molecule has 5 nitrogen and oxygen atoms in total. The second-order valence-corrected chi connectivity index (χ2v) is 4.15. The molecule has 1 amide bonds. The molecule has 17 heavy (non-hydrogen) atoms. The molecule has 5 heteroatoms. The summed E-state index contributed by atoms with van der Waals surface area (Å²) in [6.07, 6.45) is 1.95. The summed E-state index contributed by atoms with van der Waals surface area (Å²) in [4.78, 5) is 24.8. The predicted molar refractivity (Wildman–Crippen MR) is 62.4 cm³/mol. The van der Waals surface area contributed by atoms with Gasteiger partial charge in [0.1, 0.15) is 0 Å². The van der Waals surface area contributed by atoms with Crippen molar-refractivity contribution in [3.8, 4) is 0 Å². The van der Waals surface area contributed by atoms with E-state index in [1.807, 2.05) is 6.92 Å². The first-order chi connectivity index (χ1) is 8.19. The SMILES string of the molecule is CCOCCCC(=O)N1CCC(C(=O)OC)C1. The predicted octanol–water partition coefficient (Wildman–Crippen LogP) is 0.825. The van der Waals surface area contributed by atoms with Crippen molar-refractivity contribution in [1.29, 1.82) is 0 Å². The van der Waals surface area contributed by atoms with Crippen LogP contribution in [0.5, 0.6) is 0 Å². The largest absolute Gasteiger partial charge is 0.469 e. The summed E-state index contributed by atoms with van der Waals surface area (Å²) in [7, 11) is 1.38. The third-order valence-electron chi connectivity index (χ3n) is 2.96. The van der Waals surface area contributed by atoms with Gasteiger partial charge in [-0.1, -0.05) is 0 Å². The van der Waals surface area contributed by atoms with E-state index in [1.165, 1.54) is 7.11 Å². The van der Waals surface area contributed by atoms with Gasteiger partial charge in [-0.15, -0.1) is 0 Å². The zero-order valence-electron chi connectivity index (χ0n) is 10.6. The Bertz CT molecular complexity index is 267. The Balaban J connectivity index is 2.23. The molecule has 1 rings (SSSR count). The van der Waals surface area contributed by atoms with Crippen LogP contribution in [0.2, 0.25) is 0 Å². The molecule has 0 saturated carbocycles. The van der Waals surface area contributed by atoms with Crippen LogP contribution >= 0.6 is 0 Å². The van der Waals surface area contributed by atoms with Gasteiger partial charge in [0, 0.05) is 32.7 Å². The highest BCUT2D eigenvalue weighted by molar-refractivity contribution is 5.79. The fraction of sp³-hybridized carbons (Fsp3) is 0.833. The second-order valence-electron chi connectivity index (χ2n) is 4.15. The molecule has 98 valence electrons. The van der Waals surface area contributed by atoms with Gasteiger partial charge in [-0.25, -0.2) is 0 Å². The van der Waals surface area contributed by atoms with Crippen molar-refractivity contribution in [1.82, 2.24) is 4.90 Å². The van der Waals surface area contributed by atoms with Crippen LogP contribution in [0.25, 0.3) is 0 Å². The number of hydrogen-bond acceptors (Lipinski definition) is 4. The molecule has 0 aromatic rings. The van der Waals surface area contributed by atoms with Crippen molar-refractivity contribution >= 4 is 11.9 Å². The molecular weight excluding hydrogens is 222 g/mol. The zero-order valence-corrected chi connectivity index (χ0v) is 10.6. The van der Waals surface area contributed by atoms with Crippen LogP contribution in [0, 0.1) is 5.92 Å². The normalized spacial score (nSPS) is 19.4. The molecule has 1 atom stereocenters. The lowest BCUT2D eigenvalue weighted by atomic mass is 10.1. The van der Waals surface area contributed by atoms with Crippen LogP contribution in [0.1, 0.15) is 26.2 Å². The highest BCUT2D eigenvalue weighted by atomic mass is 16.5. The number of hydrogen-bond donors (Lipinski definition) is 0. The quantitative estimate of drug-likeness (QED) is 0.512. The molecule has 1 heterocycles. The molecular formula is C12H21NO4. The molecule has 1 saturated heterocycles. The van der Waals surface area contributed by atoms with Gasteiger partial charge in [0.15, 0.2) is 0 Å².